The second-order valence-electron chi connectivity index (χ2n) is 3.61. The van der Waals surface area contributed by atoms with Crippen LogP contribution in [0.15, 0.2) is 18.3 Å². The van der Waals surface area contributed by atoms with Crippen molar-refractivity contribution in [3.05, 3.63) is 24.0 Å². The Morgan fingerprint density at radius 2 is 2.33 bits per heavy atom. The van der Waals surface area contributed by atoms with Gasteiger partial charge in [0.15, 0.2) is 5.78 Å². The second-order valence-corrected chi connectivity index (χ2v) is 3.61. The van der Waals surface area contributed by atoms with Crippen LogP contribution in [-0.2, 0) is 17.9 Å². The van der Waals surface area contributed by atoms with Crippen molar-refractivity contribution in [3.8, 4) is 0 Å². The molecule has 5 nitrogen and oxygen atoms in total. The number of nitrogens with two attached hydrogens (primary N) is 1. The second kappa shape index (κ2) is 5.41. The van der Waals surface area contributed by atoms with E-state index in [2.05, 4.69) is 16.9 Å². The van der Waals surface area contributed by atoms with Gasteiger partial charge in [-0.2, -0.15) is 0 Å². The quantitative estimate of drug-likeness (QED) is 0.697. The van der Waals surface area contributed by atoms with Gasteiger partial charge in [0.05, 0.1) is 11.9 Å². The van der Waals surface area contributed by atoms with Gasteiger partial charge in [0.1, 0.15) is 6.54 Å². The maximum absolute atomic E-state index is 11.5. The summed E-state index contributed by atoms with van der Waals surface area (Å²) >= 11 is 0. The molecule has 1 heterocycles. The number of nitrogens with zero attached hydrogens (tertiary/aromatic N) is 3. The van der Waals surface area contributed by atoms with E-state index in [1.807, 2.05) is 6.92 Å². The van der Waals surface area contributed by atoms with E-state index in [9.17, 15) is 4.79 Å². The Balaban J connectivity index is 2.40. The van der Waals surface area contributed by atoms with Crippen LogP contribution in [0.5, 0.6) is 0 Å². The molecule has 0 spiro atoms. The van der Waals surface area contributed by atoms with Gasteiger partial charge >= 0.3 is 0 Å². The number of carbonyl (C=O) groups is 1. The molecule has 1 aromatic heterocycles. The van der Waals surface area contributed by atoms with Crippen molar-refractivity contribution >= 4 is 5.78 Å². The summed E-state index contributed by atoms with van der Waals surface area (Å²) in [5, 5.41) is 7.60. The number of hydrogen-bond donors (Lipinski definition) is 1. The molecular weight excluding hydrogens is 192 g/mol. The number of ketones is 1. The van der Waals surface area contributed by atoms with E-state index >= 15 is 0 Å². The maximum atomic E-state index is 11.5. The van der Waals surface area contributed by atoms with E-state index in [1.165, 1.54) is 4.68 Å². The molecule has 5 heteroatoms. The summed E-state index contributed by atoms with van der Waals surface area (Å²) in [6, 6.07) is 0. The molecular formula is C10H16N4O. The first kappa shape index (κ1) is 11.6. The Bertz CT molecular complexity index is 356. The predicted molar refractivity (Wildman–Crippen MR) is 57.0 cm³/mol. The summed E-state index contributed by atoms with van der Waals surface area (Å²) in [6.45, 7) is 6.27. The predicted octanol–water partition coefficient (Wildman–Crippen LogP) is 0.662. The number of aromatic nitrogens is 3. The fraction of sp³-hybridized carbons (Fsp3) is 0.500. The lowest BCUT2D eigenvalue weighted by atomic mass is 10.1. The zero-order valence-corrected chi connectivity index (χ0v) is 8.94. The van der Waals surface area contributed by atoms with E-state index in [1.54, 1.807) is 6.20 Å². The van der Waals surface area contributed by atoms with Crippen LogP contribution in [0.25, 0.3) is 0 Å². The number of carbonyl (C=O) groups excluding carboxylic acids is 1. The molecule has 0 amide bonds. The lowest BCUT2D eigenvalue weighted by Gasteiger charge is -1.99. The highest BCUT2D eigenvalue weighted by Gasteiger charge is 2.05. The highest BCUT2D eigenvalue weighted by molar-refractivity contribution is 5.78. The summed E-state index contributed by atoms with van der Waals surface area (Å²) in [4.78, 5) is 11.5. The van der Waals surface area contributed by atoms with E-state index in [0.29, 0.717) is 18.7 Å². The van der Waals surface area contributed by atoms with Crippen molar-refractivity contribution in [1.82, 2.24) is 15.0 Å². The van der Waals surface area contributed by atoms with Gasteiger partial charge in [-0.15, -0.1) is 11.7 Å². The standard InChI is InChI=1S/C10H16N4O/c1-8(2)3-4-10(15)7-14-6-9(5-11)12-13-14/h6H,1,3-5,7,11H2,2H3. The van der Waals surface area contributed by atoms with Crippen LogP contribution < -0.4 is 5.73 Å². The van der Waals surface area contributed by atoms with Crippen LogP contribution in [0, 0.1) is 0 Å². The van der Waals surface area contributed by atoms with Gasteiger partial charge in [0.2, 0.25) is 0 Å². The molecule has 2 N–H and O–H groups in total. The molecule has 0 aromatic carbocycles. The minimum atomic E-state index is 0.131. The monoisotopic (exact) mass is 208 g/mol. The fourth-order valence-electron chi connectivity index (χ4n) is 1.12. The molecule has 0 bridgehead atoms. The third-order valence-electron chi connectivity index (χ3n) is 1.96. The summed E-state index contributed by atoms with van der Waals surface area (Å²) in [7, 11) is 0. The molecule has 0 fully saturated rings. The van der Waals surface area contributed by atoms with Crippen molar-refractivity contribution in [3.63, 3.8) is 0 Å². The first-order valence-corrected chi connectivity index (χ1v) is 4.87. The molecule has 0 unspecified atom stereocenters. The molecule has 0 aliphatic heterocycles. The molecule has 0 atom stereocenters. The van der Waals surface area contributed by atoms with Crippen LogP contribution in [0.3, 0.4) is 0 Å². The van der Waals surface area contributed by atoms with Crippen LogP contribution in [0.2, 0.25) is 0 Å². The van der Waals surface area contributed by atoms with E-state index < -0.39 is 0 Å². The molecule has 1 rings (SSSR count). The number of hydrogen-bond acceptors (Lipinski definition) is 4. The Morgan fingerprint density at radius 1 is 1.60 bits per heavy atom. The first-order valence-electron chi connectivity index (χ1n) is 4.87. The van der Waals surface area contributed by atoms with Gasteiger partial charge in [-0.25, -0.2) is 4.68 Å². The highest BCUT2D eigenvalue weighted by atomic mass is 16.1. The number of allylic oxidation sites excluding steroid dienone is 1. The normalized spacial score (nSPS) is 10.3. The van der Waals surface area contributed by atoms with Gasteiger partial charge in [-0.3, -0.25) is 4.79 Å². The maximum Gasteiger partial charge on any atom is 0.154 e. The molecule has 0 aliphatic rings. The lowest BCUT2D eigenvalue weighted by molar-refractivity contribution is -0.119. The topological polar surface area (TPSA) is 73.8 Å². The van der Waals surface area contributed by atoms with Crippen molar-refractivity contribution in [1.29, 1.82) is 0 Å². The molecule has 15 heavy (non-hydrogen) atoms. The minimum Gasteiger partial charge on any atom is -0.325 e. The van der Waals surface area contributed by atoms with Gasteiger partial charge in [-0.05, 0) is 13.3 Å². The van der Waals surface area contributed by atoms with E-state index in [4.69, 9.17) is 5.73 Å². The zero-order valence-electron chi connectivity index (χ0n) is 8.94. The molecule has 82 valence electrons. The highest BCUT2D eigenvalue weighted by Crippen LogP contribution is 2.02. The molecule has 0 radical (unpaired) electrons. The third kappa shape index (κ3) is 4.03. The van der Waals surface area contributed by atoms with Gasteiger partial charge in [0, 0.05) is 13.0 Å². The summed E-state index contributed by atoms with van der Waals surface area (Å²) in [6.07, 6.45) is 2.93. The van der Waals surface area contributed by atoms with Crippen molar-refractivity contribution in [2.24, 2.45) is 5.73 Å². The van der Waals surface area contributed by atoms with Crippen LogP contribution >= 0.6 is 0 Å². The first-order chi connectivity index (χ1) is 7.11. The van der Waals surface area contributed by atoms with Gasteiger partial charge < -0.3 is 5.73 Å². The van der Waals surface area contributed by atoms with Crippen molar-refractivity contribution < 1.29 is 4.79 Å². The Labute approximate surface area is 89.0 Å². The number of Topliss-reactive ketones (excluding diaryl/α,β-unsaturated/α-hetero) is 1. The SMILES string of the molecule is C=C(C)CCC(=O)Cn1cc(CN)nn1. The number of rotatable bonds is 6. The summed E-state index contributed by atoms with van der Waals surface area (Å²) in [5.74, 6) is 0.131. The fourth-order valence-corrected chi connectivity index (χ4v) is 1.12. The molecule has 0 saturated carbocycles. The third-order valence-corrected chi connectivity index (χ3v) is 1.96. The van der Waals surface area contributed by atoms with Crippen LogP contribution in [0.4, 0.5) is 0 Å². The Kier molecular flexibility index (Phi) is 4.17. The van der Waals surface area contributed by atoms with E-state index in [0.717, 1.165) is 12.0 Å². The Morgan fingerprint density at radius 3 is 2.87 bits per heavy atom. The smallest absolute Gasteiger partial charge is 0.154 e. The average molecular weight is 208 g/mol. The van der Waals surface area contributed by atoms with Gasteiger partial charge in [-0.1, -0.05) is 10.8 Å². The largest absolute Gasteiger partial charge is 0.325 e. The van der Waals surface area contributed by atoms with Gasteiger partial charge in [0.25, 0.3) is 0 Å². The average Bonchev–Trinajstić information content (AvgIpc) is 2.62. The molecule has 0 saturated heterocycles. The van der Waals surface area contributed by atoms with Crippen LogP contribution in [-0.4, -0.2) is 20.8 Å². The summed E-state index contributed by atoms with van der Waals surface area (Å²) < 4.78 is 1.52. The molecule has 0 aliphatic carbocycles. The van der Waals surface area contributed by atoms with E-state index in [-0.39, 0.29) is 12.3 Å². The van der Waals surface area contributed by atoms with Crippen molar-refractivity contribution in [2.75, 3.05) is 0 Å². The van der Waals surface area contributed by atoms with Crippen molar-refractivity contribution in [2.45, 2.75) is 32.9 Å². The lowest BCUT2D eigenvalue weighted by Crippen LogP contribution is -2.10. The Hall–Kier alpha value is -1.49. The minimum absolute atomic E-state index is 0.131. The zero-order chi connectivity index (χ0) is 11.3. The van der Waals surface area contributed by atoms with Crippen LogP contribution in [0.1, 0.15) is 25.5 Å². The molecule has 1 aromatic rings. The summed E-state index contributed by atoms with van der Waals surface area (Å²) in [5.41, 5.74) is 7.10.